The summed E-state index contributed by atoms with van der Waals surface area (Å²) < 4.78 is 6.11. The van der Waals surface area contributed by atoms with Gasteiger partial charge in [0.1, 0.15) is 5.75 Å². The summed E-state index contributed by atoms with van der Waals surface area (Å²) in [5.74, 6) is 0.194. The Balaban J connectivity index is 2.15. The highest BCUT2D eigenvalue weighted by molar-refractivity contribution is 9.10. The van der Waals surface area contributed by atoms with E-state index in [0.29, 0.717) is 11.3 Å². The van der Waals surface area contributed by atoms with E-state index in [-0.39, 0.29) is 11.4 Å². The van der Waals surface area contributed by atoms with Crippen LogP contribution in [0.3, 0.4) is 0 Å². The van der Waals surface area contributed by atoms with Crippen molar-refractivity contribution in [2.24, 2.45) is 0 Å². The first-order chi connectivity index (χ1) is 9.38. The van der Waals surface area contributed by atoms with E-state index >= 15 is 0 Å². The third-order valence-electron chi connectivity index (χ3n) is 3.02. The summed E-state index contributed by atoms with van der Waals surface area (Å²) in [7, 11) is 0. The number of hydrogen-bond donors (Lipinski definition) is 0. The Bertz CT molecular complexity index is 610. The maximum absolute atomic E-state index is 12.1. The molecular weight excluding hydrogens is 316 g/mol. The van der Waals surface area contributed by atoms with Gasteiger partial charge >= 0.3 is 5.97 Å². The summed E-state index contributed by atoms with van der Waals surface area (Å²) in [6.07, 6.45) is 0. The van der Waals surface area contributed by atoms with Gasteiger partial charge in [-0.15, -0.1) is 0 Å². The van der Waals surface area contributed by atoms with Crippen LogP contribution in [0.1, 0.15) is 36.7 Å². The zero-order valence-corrected chi connectivity index (χ0v) is 13.4. The predicted molar refractivity (Wildman–Crippen MR) is 84.2 cm³/mol. The van der Waals surface area contributed by atoms with Gasteiger partial charge in [0.2, 0.25) is 0 Å². The van der Waals surface area contributed by atoms with Gasteiger partial charge in [0, 0.05) is 4.47 Å². The number of carbonyl (C=O) groups excluding carboxylic acids is 1. The van der Waals surface area contributed by atoms with Crippen molar-refractivity contribution >= 4 is 21.9 Å². The first-order valence-corrected chi connectivity index (χ1v) is 7.24. The van der Waals surface area contributed by atoms with Crippen molar-refractivity contribution in [3.8, 4) is 5.75 Å². The molecule has 0 fully saturated rings. The minimum absolute atomic E-state index is 0.0883. The molecule has 0 amide bonds. The number of ether oxygens (including phenoxy) is 1. The molecular formula is C17H17BrO2. The topological polar surface area (TPSA) is 26.3 Å². The zero-order valence-electron chi connectivity index (χ0n) is 11.8. The van der Waals surface area contributed by atoms with E-state index in [1.165, 1.54) is 5.56 Å². The molecule has 2 aromatic carbocycles. The Morgan fingerprint density at radius 3 is 2.15 bits per heavy atom. The van der Waals surface area contributed by atoms with Crippen molar-refractivity contribution in [1.29, 1.82) is 0 Å². The van der Waals surface area contributed by atoms with E-state index in [2.05, 4.69) is 36.7 Å². The van der Waals surface area contributed by atoms with Gasteiger partial charge < -0.3 is 4.74 Å². The van der Waals surface area contributed by atoms with Gasteiger partial charge in [0.15, 0.2) is 0 Å². The van der Waals surface area contributed by atoms with Gasteiger partial charge in [-0.2, -0.15) is 0 Å². The largest absolute Gasteiger partial charge is 0.423 e. The quantitative estimate of drug-likeness (QED) is 0.573. The Morgan fingerprint density at radius 1 is 1.00 bits per heavy atom. The third-order valence-corrected chi connectivity index (χ3v) is 3.72. The second-order valence-electron chi connectivity index (χ2n) is 5.64. The number of carbonyl (C=O) groups is 1. The molecule has 0 aliphatic rings. The Hall–Kier alpha value is -1.61. The second kappa shape index (κ2) is 5.80. The smallest absolute Gasteiger partial charge is 0.344 e. The summed E-state index contributed by atoms with van der Waals surface area (Å²) in [5.41, 5.74) is 1.82. The van der Waals surface area contributed by atoms with Crippen LogP contribution in [0.4, 0.5) is 0 Å². The lowest BCUT2D eigenvalue weighted by atomic mass is 9.87. The average Bonchev–Trinajstić information content (AvgIpc) is 2.38. The number of esters is 1. The van der Waals surface area contributed by atoms with Crippen molar-refractivity contribution in [2.45, 2.75) is 26.2 Å². The van der Waals surface area contributed by atoms with Crippen molar-refractivity contribution in [1.82, 2.24) is 0 Å². The summed E-state index contributed by atoms with van der Waals surface area (Å²) in [4.78, 5) is 12.1. The van der Waals surface area contributed by atoms with Gasteiger partial charge in [0.25, 0.3) is 0 Å². The SMILES string of the molecule is CC(C)(C)c1ccc(OC(=O)c2ccccc2Br)cc1. The van der Waals surface area contributed by atoms with Crippen LogP contribution in [0.5, 0.6) is 5.75 Å². The highest BCUT2D eigenvalue weighted by atomic mass is 79.9. The summed E-state index contributed by atoms with van der Waals surface area (Å²) in [6, 6.07) is 14.9. The molecule has 0 saturated carbocycles. The van der Waals surface area contributed by atoms with Crippen LogP contribution >= 0.6 is 15.9 Å². The molecule has 0 atom stereocenters. The number of hydrogen-bond acceptors (Lipinski definition) is 2. The van der Waals surface area contributed by atoms with Gasteiger partial charge in [-0.05, 0) is 51.2 Å². The van der Waals surface area contributed by atoms with Crippen LogP contribution in [-0.2, 0) is 5.41 Å². The summed E-state index contributed by atoms with van der Waals surface area (Å²) in [5, 5.41) is 0. The molecule has 0 aliphatic carbocycles. The number of benzene rings is 2. The van der Waals surface area contributed by atoms with Crippen molar-refractivity contribution in [3.05, 3.63) is 64.1 Å². The fourth-order valence-corrected chi connectivity index (χ4v) is 2.26. The molecule has 0 saturated heterocycles. The van der Waals surface area contributed by atoms with Gasteiger partial charge in [0.05, 0.1) is 5.56 Å². The van der Waals surface area contributed by atoms with E-state index in [4.69, 9.17) is 4.74 Å². The average molecular weight is 333 g/mol. The maximum Gasteiger partial charge on any atom is 0.344 e. The van der Waals surface area contributed by atoms with Gasteiger partial charge in [-0.3, -0.25) is 0 Å². The van der Waals surface area contributed by atoms with Crippen molar-refractivity contribution < 1.29 is 9.53 Å². The summed E-state index contributed by atoms with van der Waals surface area (Å²) >= 11 is 3.35. The van der Waals surface area contributed by atoms with Gasteiger partial charge in [-0.25, -0.2) is 4.79 Å². The zero-order chi connectivity index (χ0) is 14.8. The number of halogens is 1. The lowest BCUT2D eigenvalue weighted by Crippen LogP contribution is -2.12. The van der Waals surface area contributed by atoms with E-state index in [9.17, 15) is 4.79 Å². The predicted octanol–water partition coefficient (Wildman–Crippen LogP) is 4.97. The molecule has 20 heavy (non-hydrogen) atoms. The highest BCUT2D eigenvalue weighted by Crippen LogP contribution is 2.25. The lowest BCUT2D eigenvalue weighted by Gasteiger charge is -2.19. The highest BCUT2D eigenvalue weighted by Gasteiger charge is 2.15. The fourth-order valence-electron chi connectivity index (χ4n) is 1.81. The molecule has 0 heterocycles. The molecule has 0 bridgehead atoms. The van der Waals surface area contributed by atoms with Crippen LogP contribution in [0.2, 0.25) is 0 Å². The molecule has 0 N–H and O–H groups in total. The van der Waals surface area contributed by atoms with Gasteiger partial charge in [-0.1, -0.05) is 45.0 Å². The van der Waals surface area contributed by atoms with E-state index in [1.54, 1.807) is 6.07 Å². The Morgan fingerprint density at radius 2 is 1.60 bits per heavy atom. The van der Waals surface area contributed by atoms with Crippen molar-refractivity contribution in [3.63, 3.8) is 0 Å². The van der Waals surface area contributed by atoms with Crippen LogP contribution in [0.15, 0.2) is 53.0 Å². The lowest BCUT2D eigenvalue weighted by molar-refractivity contribution is 0.0734. The molecule has 0 radical (unpaired) electrons. The normalized spacial score (nSPS) is 11.2. The van der Waals surface area contributed by atoms with E-state index in [0.717, 1.165) is 4.47 Å². The molecule has 0 unspecified atom stereocenters. The maximum atomic E-state index is 12.1. The molecule has 3 heteroatoms. The van der Waals surface area contributed by atoms with Crippen LogP contribution in [0, 0.1) is 0 Å². The second-order valence-corrected chi connectivity index (χ2v) is 6.50. The van der Waals surface area contributed by atoms with Crippen LogP contribution in [0.25, 0.3) is 0 Å². The van der Waals surface area contributed by atoms with Crippen LogP contribution < -0.4 is 4.74 Å². The molecule has 2 nitrogen and oxygen atoms in total. The van der Waals surface area contributed by atoms with Crippen molar-refractivity contribution in [2.75, 3.05) is 0 Å². The Labute approximate surface area is 127 Å². The first kappa shape index (κ1) is 14.8. The minimum atomic E-state index is -0.360. The summed E-state index contributed by atoms with van der Waals surface area (Å²) in [6.45, 7) is 6.44. The van der Waals surface area contributed by atoms with Crippen LogP contribution in [-0.4, -0.2) is 5.97 Å². The first-order valence-electron chi connectivity index (χ1n) is 6.45. The molecule has 0 aliphatic heterocycles. The molecule has 0 spiro atoms. The molecule has 104 valence electrons. The fraction of sp³-hybridized carbons (Fsp3) is 0.235. The third kappa shape index (κ3) is 3.48. The van der Waals surface area contributed by atoms with E-state index < -0.39 is 0 Å². The molecule has 0 aromatic heterocycles. The molecule has 2 aromatic rings. The number of rotatable bonds is 2. The molecule has 2 rings (SSSR count). The minimum Gasteiger partial charge on any atom is -0.423 e. The Kier molecular flexibility index (Phi) is 4.29. The standard InChI is InChI=1S/C17H17BrO2/c1-17(2,3)12-8-10-13(11-9-12)20-16(19)14-6-4-5-7-15(14)18/h4-11H,1-3H3. The van der Waals surface area contributed by atoms with E-state index in [1.807, 2.05) is 42.5 Å². The monoisotopic (exact) mass is 332 g/mol.